The van der Waals surface area contributed by atoms with Crippen LogP contribution in [-0.4, -0.2) is 23.9 Å². The first kappa shape index (κ1) is 20.6. The minimum absolute atomic E-state index is 0.0645. The third kappa shape index (κ3) is 6.14. The van der Waals surface area contributed by atoms with Crippen molar-refractivity contribution in [1.82, 2.24) is 4.72 Å². The van der Waals surface area contributed by atoms with Crippen LogP contribution in [0.1, 0.15) is 53.1 Å². The van der Waals surface area contributed by atoms with E-state index in [1.807, 2.05) is 39.0 Å². The molecule has 2 atom stereocenters. The van der Waals surface area contributed by atoms with Crippen LogP contribution < -0.4 is 4.72 Å². The Morgan fingerprint density at radius 2 is 1.61 bits per heavy atom. The highest BCUT2D eigenvalue weighted by molar-refractivity contribution is 7.84. The van der Waals surface area contributed by atoms with Gasteiger partial charge in [-0.25, -0.2) is 8.93 Å². The van der Waals surface area contributed by atoms with Crippen molar-refractivity contribution in [2.24, 2.45) is 0 Å². The number of hydrogen-bond donors (Lipinski definition) is 1. The molecule has 1 unspecified atom stereocenters. The molecule has 0 aliphatic carbocycles. The van der Waals surface area contributed by atoms with Crippen LogP contribution in [-0.2, 0) is 15.4 Å². The van der Waals surface area contributed by atoms with Crippen molar-refractivity contribution in [3.63, 3.8) is 0 Å². The molecule has 132 valence electrons. The minimum atomic E-state index is -1.84. The fraction of sp³-hybridized carbons (Fsp3) is 0.667. The summed E-state index contributed by atoms with van der Waals surface area (Å²) in [6.07, 6.45) is 0. The minimum Gasteiger partial charge on any atom is -0.415 e. The van der Waals surface area contributed by atoms with Gasteiger partial charge in [-0.1, -0.05) is 51.1 Å². The number of hydrogen-bond acceptors (Lipinski definition) is 2. The van der Waals surface area contributed by atoms with Gasteiger partial charge in [0.15, 0.2) is 8.32 Å². The molecule has 1 aromatic carbocycles. The maximum atomic E-state index is 12.5. The highest BCUT2D eigenvalue weighted by Crippen LogP contribution is 2.37. The summed E-state index contributed by atoms with van der Waals surface area (Å²) in [4.78, 5) is 0. The van der Waals surface area contributed by atoms with Gasteiger partial charge in [-0.15, -0.1) is 0 Å². The van der Waals surface area contributed by atoms with Gasteiger partial charge in [-0.3, -0.25) is 0 Å². The summed E-state index contributed by atoms with van der Waals surface area (Å²) in [7, 11) is -2.97. The molecule has 0 spiro atoms. The first-order valence-electron chi connectivity index (χ1n) is 8.21. The van der Waals surface area contributed by atoms with Crippen molar-refractivity contribution in [1.29, 1.82) is 0 Å². The van der Waals surface area contributed by atoms with Crippen molar-refractivity contribution >= 4 is 19.3 Å². The van der Waals surface area contributed by atoms with Crippen LogP contribution in [0.2, 0.25) is 18.1 Å². The third-order valence-electron chi connectivity index (χ3n) is 4.42. The molecule has 0 aromatic heterocycles. The number of nitrogens with one attached hydrogen (secondary N) is 1. The van der Waals surface area contributed by atoms with Gasteiger partial charge in [0, 0.05) is 0 Å². The predicted octanol–water partition coefficient (Wildman–Crippen LogP) is 4.80. The van der Waals surface area contributed by atoms with Gasteiger partial charge < -0.3 is 4.43 Å². The van der Waals surface area contributed by atoms with Gasteiger partial charge in [0.25, 0.3) is 0 Å². The van der Waals surface area contributed by atoms with E-state index in [4.69, 9.17) is 4.43 Å². The summed E-state index contributed by atoms with van der Waals surface area (Å²) in [5.74, 6) is 0. The first-order chi connectivity index (χ1) is 10.3. The van der Waals surface area contributed by atoms with E-state index < -0.39 is 19.3 Å². The van der Waals surface area contributed by atoms with Gasteiger partial charge in [0.1, 0.15) is 0 Å². The molecule has 3 nitrogen and oxygen atoms in total. The molecule has 1 aromatic rings. The van der Waals surface area contributed by atoms with E-state index in [1.165, 1.54) is 0 Å². The Hall–Kier alpha value is -0.493. The summed E-state index contributed by atoms with van der Waals surface area (Å²) in [5, 5.41) is 0.164. The number of rotatable bonds is 6. The van der Waals surface area contributed by atoms with E-state index in [-0.39, 0.29) is 15.8 Å². The van der Waals surface area contributed by atoms with E-state index >= 15 is 0 Å². The molecular weight excluding hydrogens is 322 g/mol. The molecule has 0 aliphatic heterocycles. The van der Waals surface area contributed by atoms with Gasteiger partial charge in [-0.05, 0) is 44.5 Å². The Bertz CT molecular complexity index is 518. The van der Waals surface area contributed by atoms with Crippen LogP contribution in [0.3, 0.4) is 0 Å². The smallest absolute Gasteiger partial charge is 0.192 e. The topological polar surface area (TPSA) is 38.3 Å². The zero-order valence-electron chi connectivity index (χ0n) is 15.9. The van der Waals surface area contributed by atoms with Crippen molar-refractivity contribution in [2.75, 3.05) is 6.61 Å². The lowest BCUT2D eigenvalue weighted by Crippen LogP contribution is -2.44. The molecule has 0 radical (unpaired) electrons. The third-order valence-corrected chi connectivity index (χ3v) is 10.5. The van der Waals surface area contributed by atoms with Gasteiger partial charge >= 0.3 is 0 Å². The number of benzene rings is 1. The van der Waals surface area contributed by atoms with Crippen molar-refractivity contribution in [3.8, 4) is 0 Å². The second kappa shape index (κ2) is 7.60. The Morgan fingerprint density at radius 1 is 1.09 bits per heavy atom. The molecule has 1 rings (SSSR count). The second-order valence-corrected chi connectivity index (χ2v) is 15.3. The van der Waals surface area contributed by atoms with Crippen LogP contribution in [0.4, 0.5) is 0 Å². The van der Waals surface area contributed by atoms with Crippen molar-refractivity contribution < 1.29 is 8.63 Å². The summed E-state index contributed by atoms with van der Waals surface area (Å²) in [6.45, 7) is 17.7. The van der Waals surface area contributed by atoms with E-state index in [0.29, 0.717) is 6.61 Å². The molecule has 0 fully saturated rings. The molecule has 5 heteroatoms. The molecule has 0 bridgehead atoms. The SMILES string of the molecule is CC(C)(C)S(=O)N[C@@H](CO[Si](C)(C)C(C)(C)C)c1ccccc1. The molecular formula is C18H33NO2SSi. The quantitative estimate of drug-likeness (QED) is 0.744. The maximum absolute atomic E-state index is 12.5. The lowest BCUT2D eigenvalue weighted by molar-refractivity contribution is 0.257. The largest absolute Gasteiger partial charge is 0.415 e. The maximum Gasteiger partial charge on any atom is 0.192 e. The highest BCUT2D eigenvalue weighted by atomic mass is 32.2. The molecule has 0 heterocycles. The standard InChI is InChI=1S/C18H33NO2SSi/c1-17(2,3)22(20)19-16(15-12-10-9-11-13-15)14-21-23(7,8)18(4,5)6/h9-13,16,19H,14H2,1-8H3/t16-,22?/m0/s1. The Morgan fingerprint density at radius 3 is 2.04 bits per heavy atom. The predicted molar refractivity (Wildman–Crippen MR) is 103 cm³/mol. The van der Waals surface area contributed by atoms with E-state index in [9.17, 15) is 4.21 Å². The summed E-state index contributed by atoms with van der Waals surface area (Å²) >= 11 is 0. The average molecular weight is 356 g/mol. The van der Waals surface area contributed by atoms with Crippen molar-refractivity contribution in [3.05, 3.63) is 35.9 Å². The van der Waals surface area contributed by atoms with Crippen LogP contribution in [0, 0.1) is 0 Å². The zero-order valence-corrected chi connectivity index (χ0v) is 17.7. The lowest BCUT2D eigenvalue weighted by atomic mass is 10.1. The molecule has 0 amide bonds. The first-order valence-corrected chi connectivity index (χ1v) is 12.3. The fourth-order valence-electron chi connectivity index (χ4n) is 1.70. The highest BCUT2D eigenvalue weighted by Gasteiger charge is 2.38. The van der Waals surface area contributed by atoms with E-state index in [1.54, 1.807) is 0 Å². The molecule has 23 heavy (non-hydrogen) atoms. The molecule has 0 aliphatic rings. The van der Waals surface area contributed by atoms with Crippen LogP contribution in [0.25, 0.3) is 0 Å². The van der Waals surface area contributed by atoms with Gasteiger partial charge in [0.2, 0.25) is 0 Å². The second-order valence-electron chi connectivity index (χ2n) is 8.53. The van der Waals surface area contributed by atoms with Gasteiger partial charge in [-0.2, -0.15) is 0 Å². The Labute approximate surface area is 145 Å². The normalized spacial score (nSPS) is 16.2. The van der Waals surface area contributed by atoms with Crippen LogP contribution >= 0.6 is 0 Å². The summed E-state index contributed by atoms with van der Waals surface area (Å²) < 4.78 is 21.9. The van der Waals surface area contributed by atoms with Crippen LogP contribution in [0.15, 0.2) is 30.3 Å². The van der Waals surface area contributed by atoms with E-state index in [2.05, 4.69) is 50.7 Å². The fourth-order valence-corrected chi connectivity index (χ4v) is 3.53. The van der Waals surface area contributed by atoms with Crippen LogP contribution in [0.5, 0.6) is 0 Å². The van der Waals surface area contributed by atoms with Crippen molar-refractivity contribution in [2.45, 2.75) is 70.5 Å². The zero-order chi connectivity index (χ0) is 17.9. The molecule has 0 saturated heterocycles. The monoisotopic (exact) mass is 355 g/mol. The average Bonchev–Trinajstić information content (AvgIpc) is 2.41. The Balaban J connectivity index is 2.92. The lowest BCUT2D eigenvalue weighted by Gasteiger charge is -2.37. The molecule has 1 N–H and O–H groups in total. The Kier molecular flexibility index (Phi) is 6.79. The molecule has 0 saturated carbocycles. The van der Waals surface area contributed by atoms with E-state index in [0.717, 1.165) is 5.56 Å². The van der Waals surface area contributed by atoms with Gasteiger partial charge in [0.05, 0.1) is 28.4 Å². The summed E-state index contributed by atoms with van der Waals surface area (Å²) in [6, 6.07) is 10.1. The summed E-state index contributed by atoms with van der Waals surface area (Å²) in [5.41, 5.74) is 1.11.